The zero-order valence-corrected chi connectivity index (χ0v) is 12.2. The first-order chi connectivity index (χ1) is 9.09. The van der Waals surface area contributed by atoms with Crippen LogP contribution in [0.1, 0.15) is 30.7 Å². The highest BCUT2D eigenvalue weighted by molar-refractivity contribution is 7.12. The second-order valence-electron chi connectivity index (χ2n) is 5.57. The number of hydrogen-bond donors (Lipinski definition) is 1. The molecule has 2 rings (SSSR count). The molecule has 1 heterocycles. The summed E-state index contributed by atoms with van der Waals surface area (Å²) in [6.45, 7) is 5.54. The summed E-state index contributed by atoms with van der Waals surface area (Å²) >= 11 is 0.705. The molecular formula is C14H15F3N2S. The van der Waals surface area contributed by atoms with Crippen LogP contribution in [0.5, 0.6) is 0 Å². The lowest BCUT2D eigenvalue weighted by molar-refractivity contribution is -0.134. The number of thiazole rings is 1. The van der Waals surface area contributed by atoms with Gasteiger partial charge in [-0.1, -0.05) is 32.9 Å². The third kappa shape index (κ3) is 2.95. The fraction of sp³-hybridized carbons (Fsp3) is 0.357. The Kier molecular flexibility index (Phi) is 3.54. The van der Waals surface area contributed by atoms with Gasteiger partial charge in [0.25, 0.3) is 0 Å². The first-order valence-corrected chi connectivity index (χ1v) is 6.85. The van der Waals surface area contributed by atoms with Crippen molar-refractivity contribution in [3.63, 3.8) is 0 Å². The quantitative estimate of drug-likeness (QED) is 0.775. The zero-order chi connectivity index (χ0) is 15.1. The van der Waals surface area contributed by atoms with Crippen LogP contribution in [-0.2, 0) is 11.6 Å². The molecule has 0 unspecified atom stereocenters. The van der Waals surface area contributed by atoms with E-state index in [1.807, 2.05) is 20.8 Å². The summed E-state index contributed by atoms with van der Waals surface area (Å²) < 4.78 is 39.5. The molecule has 0 atom stereocenters. The maximum atomic E-state index is 13.2. The van der Waals surface area contributed by atoms with Gasteiger partial charge in [0.2, 0.25) is 0 Å². The van der Waals surface area contributed by atoms with Crippen LogP contribution in [0, 0.1) is 0 Å². The minimum Gasteiger partial charge on any atom is -0.399 e. The summed E-state index contributed by atoms with van der Waals surface area (Å²) in [6.07, 6.45) is -4.40. The van der Waals surface area contributed by atoms with Gasteiger partial charge in [-0.3, -0.25) is 0 Å². The Bertz CT molecular complexity index is 607. The third-order valence-corrected chi connectivity index (χ3v) is 4.24. The molecule has 0 bridgehead atoms. The van der Waals surface area contributed by atoms with Gasteiger partial charge >= 0.3 is 6.18 Å². The Hall–Kier alpha value is -1.56. The van der Waals surface area contributed by atoms with E-state index in [2.05, 4.69) is 4.98 Å². The third-order valence-electron chi connectivity index (χ3n) is 2.71. The standard InChI is InChI=1S/C14H15F3N2S/c1-13(2,3)12-19-10(11(20-12)14(15,16)17)8-4-6-9(18)7-5-8/h4-7H,18H2,1-3H3. The largest absolute Gasteiger partial charge is 0.427 e. The van der Waals surface area contributed by atoms with Crippen molar-refractivity contribution in [1.29, 1.82) is 0 Å². The van der Waals surface area contributed by atoms with Crippen LogP contribution in [0.2, 0.25) is 0 Å². The molecule has 0 saturated carbocycles. The summed E-state index contributed by atoms with van der Waals surface area (Å²) in [5.74, 6) is 0. The van der Waals surface area contributed by atoms with Crippen molar-refractivity contribution in [1.82, 2.24) is 4.98 Å². The van der Waals surface area contributed by atoms with E-state index in [1.54, 1.807) is 24.3 Å². The first-order valence-electron chi connectivity index (χ1n) is 6.03. The van der Waals surface area contributed by atoms with Crippen molar-refractivity contribution >= 4 is 17.0 Å². The van der Waals surface area contributed by atoms with E-state index in [-0.39, 0.29) is 5.69 Å². The smallest absolute Gasteiger partial charge is 0.399 e. The van der Waals surface area contributed by atoms with E-state index < -0.39 is 16.5 Å². The number of rotatable bonds is 1. The molecule has 0 aliphatic heterocycles. The molecule has 6 heteroatoms. The Morgan fingerprint density at radius 3 is 2.05 bits per heavy atom. The monoisotopic (exact) mass is 300 g/mol. The molecule has 1 aromatic heterocycles. The molecule has 0 aliphatic rings. The SMILES string of the molecule is CC(C)(C)c1nc(-c2ccc(N)cc2)c(C(F)(F)F)s1. The summed E-state index contributed by atoms with van der Waals surface area (Å²) in [4.78, 5) is 3.55. The van der Waals surface area contributed by atoms with Gasteiger partial charge in [0.05, 0.1) is 10.7 Å². The van der Waals surface area contributed by atoms with E-state index in [0.29, 0.717) is 27.6 Å². The number of alkyl halides is 3. The molecule has 0 saturated heterocycles. The van der Waals surface area contributed by atoms with E-state index in [1.165, 1.54) is 0 Å². The maximum absolute atomic E-state index is 13.2. The Labute approximate surface area is 119 Å². The van der Waals surface area contributed by atoms with Crippen LogP contribution in [0.4, 0.5) is 18.9 Å². The maximum Gasteiger partial charge on any atom is 0.427 e. The Balaban J connectivity index is 2.62. The second-order valence-corrected chi connectivity index (χ2v) is 6.57. The zero-order valence-electron chi connectivity index (χ0n) is 11.4. The van der Waals surface area contributed by atoms with Crippen LogP contribution in [0.25, 0.3) is 11.3 Å². The summed E-state index contributed by atoms with van der Waals surface area (Å²) in [5, 5.41) is 0.469. The van der Waals surface area contributed by atoms with Gasteiger partial charge in [0, 0.05) is 16.7 Å². The van der Waals surface area contributed by atoms with Gasteiger partial charge in [0.15, 0.2) is 0 Å². The molecule has 2 aromatic rings. The fourth-order valence-electron chi connectivity index (χ4n) is 1.67. The number of anilines is 1. The highest BCUT2D eigenvalue weighted by Crippen LogP contribution is 2.43. The normalized spacial score (nSPS) is 12.7. The summed E-state index contributed by atoms with van der Waals surface area (Å²) in [5.41, 5.74) is 6.06. The number of nitrogen functional groups attached to an aromatic ring is 1. The van der Waals surface area contributed by atoms with Crippen molar-refractivity contribution in [2.75, 3.05) is 5.73 Å². The molecule has 0 aliphatic carbocycles. The number of hydrogen-bond acceptors (Lipinski definition) is 3. The Morgan fingerprint density at radius 2 is 1.60 bits per heavy atom. The Morgan fingerprint density at radius 1 is 1.05 bits per heavy atom. The average Bonchev–Trinajstić information content (AvgIpc) is 2.74. The molecule has 0 radical (unpaired) electrons. The van der Waals surface area contributed by atoms with Crippen LogP contribution < -0.4 is 5.73 Å². The average molecular weight is 300 g/mol. The van der Waals surface area contributed by atoms with E-state index >= 15 is 0 Å². The number of halogens is 3. The van der Waals surface area contributed by atoms with Gasteiger partial charge < -0.3 is 5.73 Å². The van der Waals surface area contributed by atoms with E-state index in [0.717, 1.165) is 0 Å². The van der Waals surface area contributed by atoms with Crippen LogP contribution >= 0.6 is 11.3 Å². The lowest BCUT2D eigenvalue weighted by atomic mass is 9.98. The molecule has 2 nitrogen and oxygen atoms in total. The van der Waals surface area contributed by atoms with Crippen molar-refractivity contribution in [3.05, 3.63) is 34.2 Å². The predicted molar refractivity (Wildman–Crippen MR) is 75.7 cm³/mol. The number of nitrogens with zero attached hydrogens (tertiary/aromatic N) is 1. The van der Waals surface area contributed by atoms with Crippen molar-refractivity contribution in [2.24, 2.45) is 0 Å². The minimum absolute atomic E-state index is 0.0209. The highest BCUT2D eigenvalue weighted by Gasteiger charge is 2.38. The van der Waals surface area contributed by atoms with Gasteiger partial charge in [-0.15, -0.1) is 11.3 Å². The van der Waals surface area contributed by atoms with Gasteiger partial charge in [-0.05, 0) is 12.1 Å². The molecule has 2 N–H and O–H groups in total. The number of nitrogens with two attached hydrogens (primary N) is 1. The number of benzene rings is 1. The second kappa shape index (κ2) is 4.77. The first kappa shape index (κ1) is 14.8. The molecule has 0 fully saturated rings. The van der Waals surface area contributed by atoms with Crippen molar-refractivity contribution < 1.29 is 13.2 Å². The van der Waals surface area contributed by atoms with Gasteiger partial charge in [-0.2, -0.15) is 13.2 Å². The van der Waals surface area contributed by atoms with Crippen molar-refractivity contribution in [3.8, 4) is 11.3 Å². The van der Waals surface area contributed by atoms with Crippen LogP contribution in [0.3, 0.4) is 0 Å². The highest BCUT2D eigenvalue weighted by atomic mass is 32.1. The molecule has 108 valence electrons. The molecule has 0 amide bonds. The van der Waals surface area contributed by atoms with Crippen LogP contribution in [0.15, 0.2) is 24.3 Å². The van der Waals surface area contributed by atoms with Crippen LogP contribution in [-0.4, -0.2) is 4.98 Å². The summed E-state index contributed by atoms with van der Waals surface area (Å²) in [6, 6.07) is 6.27. The lowest BCUT2D eigenvalue weighted by Crippen LogP contribution is -2.10. The van der Waals surface area contributed by atoms with Crippen molar-refractivity contribution in [2.45, 2.75) is 32.4 Å². The van der Waals surface area contributed by atoms with E-state index in [4.69, 9.17) is 5.73 Å². The fourth-order valence-corrected chi connectivity index (χ4v) is 2.68. The summed E-state index contributed by atoms with van der Waals surface area (Å²) in [7, 11) is 0. The number of aromatic nitrogens is 1. The van der Waals surface area contributed by atoms with Gasteiger partial charge in [0.1, 0.15) is 4.88 Å². The molecule has 20 heavy (non-hydrogen) atoms. The van der Waals surface area contributed by atoms with E-state index in [9.17, 15) is 13.2 Å². The molecule has 1 aromatic carbocycles. The lowest BCUT2D eigenvalue weighted by Gasteiger charge is -2.13. The molecular weight excluding hydrogens is 285 g/mol. The predicted octanol–water partition coefficient (Wildman–Crippen LogP) is 4.71. The minimum atomic E-state index is -4.40. The topological polar surface area (TPSA) is 38.9 Å². The van der Waals surface area contributed by atoms with Gasteiger partial charge in [-0.25, -0.2) is 4.98 Å². The molecule has 0 spiro atoms.